The van der Waals surface area contributed by atoms with Crippen molar-refractivity contribution in [2.24, 2.45) is 0 Å². The van der Waals surface area contributed by atoms with Gasteiger partial charge in [-0.3, -0.25) is 4.79 Å². The summed E-state index contributed by atoms with van der Waals surface area (Å²) < 4.78 is 0. The van der Waals surface area contributed by atoms with Crippen LogP contribution in [0.1, 0.15) is 45.9 Å². The summed E-state index contributed by atoms with van der Waals surface area (Å²) >= 11 is 0. The van der Waals surface area contributed by atoms with Gasteiger partial charge in [0.15, 0.2) is 0 Å². The monoisotopic (exact) mass is 310 g/mol. The van der Waals surface area contributed by atoms with Crippen LogP contribution in [0.2, 0.25) is 0 Å². The van der Waals surface area contributed by atoms with E-state index in [1.807, 2.05) is 12.1 Å². The molecule has 4 atom stereocenters. The number of hydrogen-bond donors (Lipinski definition) is 0. The maximum absolute atomic E-state index is 13.2. The van der Waals surface area contributed by atoms with Crippen LogP contribution in [0.15, 0.2) is 84.9 Å². The Morgan fingerprint density at radius 2 is 0.875 bits per heavy atom. The van der Waals surface area contributed by atoms with Crippen molar-refractivity contribution in [3.05, 3.63) is 107 Å². The zero-order chi connectivity index (χ0) is 16.1. The molecule has 1 saturated carbocycles. The molecule has 116 valence electrons. The van der Waals surface area contributed by atoms with Gasteiger partial charge in [0.1, 0.15) is 5.78 Å². The van der Waals surface area contributed by atoms with Gasteiger partial charge in [0.25, 0.3) is 0 Å². The Morgan fingerprint density at radius 3 is 1.29 bits per heavy atom. The number of Topliss-reactive ketones (excluding diaryl/α,β-unsaturated/α-hetero) is 1. The summed E-state index contributed by atoms with van der Waals surface area (Å²) in [5.41, 5.74) is 5.05. The van der Waals surface area contributed by atoms with Crippen LogP contribution in [-0.2, 0) is 4.79 Å². The van der Waals surface area contributed by atoms with Crippen molar-refractivity contribution < 1.29 is 4.79 Å². The number of benzene rings is 3. The highest BCUT2D eigenvalue weighted by Crippen LogP contribution is 2.64. The van der Waals surface area contributed by atoms with Crippen LogP contribution in [0.4, 0.5) is 0 Å². The second kappa shape index (κ2) is 5.17. The van der Waals surface area contributed by atoms with Crippen LogP contribution >= 0.6 is 0 Å². The van der Waals surface area contributed by atoms with Crippen molar-refractivity contribution >= 4 is 5.78 Å². The van der Waals surface area contributed by atoms with Crippen molar-refractivity contribution in [3.63, 3.8) is 0 Å². The van der Waals surface area contributed by atoms with Crippen LogP contribution in [0.5, 0.6) is 0 Å². The van der Waals surface area contributed by atoms with Crippen molar-refractivity contribution in [3.8, 4) is 0 Å². The summed E-state index contributed by atoms with van der Waals surface area (Å²) in [6.45, 7) is 0. The first kappa shape index (κ1) is 13.7. The molecule has 0 amide bonds. The van der Waals surface area contributed by atoms with Crippen molar-refractivity contribution in [2.45, 2.75) is 23.7 Å². The third kappa shape index (κ3) is 1.78. The molecule has 0 saturated heterocycles. The van der Waals surface area contributed by atoms with Crippen molar-refractivity contribution in [1.82, 2.24) is 0 Å². The molecule has 2 aliphatic rings. The van der Waals surface area contributed by atoms with Gasteiger partial charge in [-0.1, -0.05) is 84.9 Å². The van der Waals surface area contributed by atoms with Gasteiger partial charge in [-0.25, -0.2) is 0 Å². The molecule has 2 aliphatic carbocycles. The minimum Gasteiger partial charge on any atom is -0.298 e. The number of ketones is 1. The fraction of sp³-hybridized carbons (Fsp3) is 0.174. The lowest BCUT2D eigenvalue weighted by molar-refractivity contribution is -0.119. The van der Waals surface area contributed by atoms with Crippen LogP contribution in [0, 0.1) is 0 Å². The first-order valence-corrected chi connectivity index (χ1v) is 8.58. The van der Waals surface area contributed by atoms with Gasteiger partial charge < -0.3 is 0 Å². The third-order valence-corrected chi connectivity index (χ3v) is 5.75. The van der Waals surface area contributed by atoms with E-state index < -0.39 is 0 Å². The zero-order valence-corrected chi connectivity index (χ0v) is 13.3. The van der Waals surface area contributed by atoms with Gasteiger partial charge >= 0.3 is 0 Å². The molecule has 3 aromatic rings. The minimum absolute atomic E-state index is 0.00111. The molecule has 1 nitrogen and oxygen atoms in total. The topological polar surface area (TPSA) is 17.1 Å². The Balaban J connectivity index is 1.74. The SMILES string of the molecule is O=C1[C@@H]2c3ccccc3[C@H]1[C@H](c1ccccc1)[C@H]2c1ccccc1. The Hall–Kier alpha value is -2.67. The first-order valence-electron chi connectivity index (χ1n) is 8.58. The molecule has 0 aromatic heterocycles. The summed E-state index contributed by atoms with van der Waals surface area (Å²) in [5.74, 6) is 0.874. The van der Waals surface area contributed by atoms with Crippen LogP contribution in [-0.4, -0.2) is 5.78 Å². The van der Waals surface area contributed by atoms with Gasteiger partial charge in [0.05, 0.1) is 11.8 Å². The molecule has 2 bridgehead atoms. The quantitative estimate of drug-likeness (QED) is 0.649. The highest BCUT2D eigenvalue weighted by molar-refractivity contribution is 6.01. The van der Waals surface area contributed by atoms with Gasteiger partial charge in [-0.2, -0.15) is 0 Å². The predicted molar refractivity (Wildman–Crippen MR) is 95.3 cm³/mol. The third-order valence-electron chi connectivity index (χ3n) is 5.75. The summed E-state index contributed by atoms with van der Waals surface area (Å²) in [5, 5.41) is 0. The summed E-state index contributed by atoms with van der Waals surface area (Å²) in [6, 6.07) is 29.6. The Labute approximate surface area is 142 Å². The van der Waals surface area contributed by atoms with E-state index in [-0.39, 0.29) is 23.7 Å². The number of carbonyl (C=O) groups is 1. The number of hydrogen-bond acceptors (Lipinski definition) is 1. The van der Waals surface area contributed by atoms with E-state index in [1.54, 1.807) is 0 Å². The van der Waals surface area contributed by atoms with Crippen molar-refractivity contribution in [1.29, 1.82) is 0 Å². The molecule has 0 spiro atoms. The predicted octanol–water partition coefficient (Wildman–Crippen LogP) is 5.02. The zero-order valence-electron chi connectivity index (χ0n) is 13.3. The molecule has 1 heteroatoms. The average molecular weight is 310 g/mol. The Bertz CT molecular complexity index is 823. The van der Waals surface area contributed by atoms with Crippen LogP contribution in [0.25, 0.3) is 0 Å². The molecule has 0 radical (unpaired) electrons. The van der Waals surface area contributed by atoms with Crippen LogP contribution < -0.4 is 0 Å². The molecule has 0 N–H and O–H groups in total. The molecule has 0 unspecified atom stereocenters. The maximum atomic E-state index is 13.2. The van der Waals surface area contributed by atoms with Crippen molar-refractivity contribution in [2.75, 3.05) is 0 Å². The lowest BCUT2D eigenvalue weighted by Crippen LogP contribution is -2.18. The highest BCUT2D eigenvalue weighted by Gasteiger charge is 2.57. The molecular weight excluding hydrogens is 292 g/mol. The van der Waals surface area contributed by atoms with E-state index >= 15 is 0 Å². The molecule has 3 aromatic carbocycles. The first-order chi connectivity index (χ1) is 11.9. The second-order valence-corrected chi connectivity index (χ2v) is 6.86. The highest BCUT2D eigenvalue weighted by atomic mass is 16.1. The summed E-state index contributed by atoms with van der Waals surface area (Å²) in [6.07, 6.45) is 0. The lowest BCUT2D eigenvalue weighted by atomic mass is 9.70. The molecule has 24 heavy (non-hydrogen) atoms. The fourth-order valence-corrected chi connectivity index (χ4v) is 4.88. The summed E-state index contributed by atoms with van der Waals surface area (Å²) in [4.78, 5) is 13.2. The van der Waals surface area contributed by atoms with E-state index in [9.17, 15) is 4.79 Å². The standard InChI is InChI=1S/C23H18O/c24-23-21-17-13-7-8-14-18(17)22(23)20(16-11-5-2-6-12-16)19(21)15-9-3-1-4-10-15/h1-14,19-22H/t19-,20-,21-,22+/m1/s1. The van der Waals surface area contributed by atoms with Gasteiger partial charge in [-0.15, -0.1) is 0 Å². The maximum Gasteiger partial charge on any atom is 0.149 e. The average Bonchev–Trinajstić information content (AvgIpc) is 3.11. The van der Waals surface area contributed by atoms with Gasteiger partial charge in [-0.05, 0) is 22.3 Å². The van der Waals surface area contributed by atoms with E-state index in [0.29, 0.717) is 5.78 Å². The Kier molecular flexibility index (Phi) is 2.96. The van der Waals surface area contributed by atoms with E-state index in [0.717, 1.165) is 0 Å². The molecule has 0 heterocycles. The van der Waals surface area contributed by atoms with Crippen LogP contribution in [0.3, 0.4) is 0 Å². The molecule has 0 aliphatic heterocycles. The number of rotatable bonds is 2. The fourth-order valence-electron chi connectivity index (χ4n) is 4.88. The van der Waals surface area contributed by atoms with E-state index in [1.165, 1.54) is 22.3 Å². The molecular formula is C23H18O. The number of carbonyl (C=O) groups excluding carboxylic acids is 1. The van der Waals surface area contributed by atoms with E-state index in [2.05, 4.69) is 72.8 Å². The lowest BCUT2D eigenvalue weighted by Gasteiger charge is -2.32. The number of fused-ring (bicyclic) bond motifs is 5. The molecule has 5 rings (SSSR count). The normalized spacial score (nSPS) is 27.2. The summed E-state index contributed by atoms with van der Waals surface area (Å²) in [7, 11) is 0. The second-order valence-electron chi connectivity index (χ2n) is 6.86. The van der Waals surface area contributed by atoms with Gasteiger partial charge in [0, 0.05) is 11.8 Å². The van der Waals surface area contributed by atoms with Gasteiger partial charge in [0.2, 0.25) is 0 Å². The smallest absolute Gasteiger partial charge is 0.149 e. The van der Waals surface area contributed by atoms with E-state index in [4.69, 9.17) is 0 Å². The Morgan fingerprint density at radius 1 is 0.500 bits per heavy atom. The largest absolute Gasteiger partial charge is 0.298 e. The molecule has 1 fully saturated rings. The minimum atomic E-state index is -0.00111.